The number of rotatable bonds is 43. The van der Waals surface area contributed by atoms with E-state index in [2.05, 4.69) is 32.6 Å². The van der Waals surface area contributed by atoms with Crippen LogP contribution in [0.25, 0.3) is 0 Å². The molecule has 0 aliphatic heterocycles. The highest BCUT2D eigenvalue weighted by Gasteiger charge is 2.07. The van der Waals surface area contributed by atoms with E-state index in [4.69, 9.17) is 9.47 Å². The van der Waals surface area contributed by atoms with E-state index >= 15 is 0 Å². The van der Waals surface area contributed by atoms with Gasteiger partial charge in [-0.25, -0.2) is 9.59 Å². The van der Waals surface area contributed by atoms with Crippen molar-refractivity contribution in [2.24, 2.45) is 0 Å². The van der Waals surface area contributed by atoms with Crippen LogP contribution in [0.3, 0.4) is 0 Å². The number of hydrogen-bond acceptors (Lipinski definition) is 6. The van der Waals surface area contributed by atoms with E-state index in [1.807, 2.05) is 0 Å². The standard InChI is InChI=1S/C49H93NO5/c1-5-9-13-27-36-46(34-11-7-3)44-48(52)54-42-31-25-21-17-15-19-23-29-38-50(40-33-41-51)39-30-24-20-16-18-22-26-32-43-55-49(53)45-47(35-12-8-4)37-28-14-10-6-2/h44-45,51H,5-43H2,1-4H3/b46-44-,47-45?. The average molecular weight is 776 g/mol. The van der Waals surface area contributed by atoms with Gasteiger partial charge in [-0.1, -0.05) is 167 Å². The molecule has 0 spiro atoms. The fraction of sp³-hybridized carbons (Fsp3) is 0.878. The van der Waals surface area contributed by atoms with E-state index in [0.29, 0.717) is 13.2 Å². The summed E-state index contributed by atoms with van der Waals surface area (Å²) >= 11 is 0. The van der Waals surface area contributed by atoms with Crippen molar-refractivity contribution in [1.29, 1.82) is 0 Å². The second kappa shape index (κ2) is 43.5. The van der Waals surface area contributed by atoms with Crippen LogP contribution in [0.2, 0.25) is 0 Å². The summed E-state index contributed by atoms with van der Waals surface area (Å²) in [6.07, 6.45) is 42.6. The summed E-state index contributed by atoms with van der Waals surface area (Å²) < 4.78 is 11.1. The number of allylic oxidation sites excluding steroid dienone is 2. The molecule has 55 heavy (non-hydrogen) atoms. The monoisotopic (exact) mass is 776 g/mol. The second-order valence-corrected chi connectivity index (χ2v) is 16.3. The number of ether oxygens (including phenoxy) is 2. The molecular formula is C49H93NO5. The van der Waals surface area contributed by atoms with Crippen molar-refractivity contribution in [1.82, 2.24) is 4.90 Å². The lowest BCUT2D eigenvalue weighted by atomic mass is 10.0. The molecule has 6 nitrogen and oxygen atoms in total. The van der Waals surface area contributed by atoms with Crippen LogP contribution >= 0.6 is 0 Å². The van der Waals surface area contributed by atoms with Crippen molar-refractivity contribution in [3.05, 3.63) is 23.3 Å². The van der Waals surface area contributed by atoms with Crippen LogP contribution in [-0.2, 0) is 19.1 Å². The predicted octanol–water partition coefficient (Wildman–Crippen LogP) is 14.2. The molecule has 0 saturated heterocycles. The number of carbonyl (C=O) groups excluding carboxylic acids is 2. The molecule has 0 atom stereocenters. The molecule has 0 fully saturated rings. The average Bonchev–Trinajstić information content (AvgIpc) is 3.18. The fourth-order valence-electron chi connectivity index (χ4n) is 7.29. The van der Waals surface area contributed by atoms with Gasteiger partial charge in [0, 0.05) is 25.3 Å². The molecule has 0 aromatic heterocycles. The van der Waals surface area contributed by atoms with Crippen LogP contribution in [0.4, 0.5) is 0 Å². The predicted molar refractivity (Wildman–Crippen MR) is 237 cm³/mol. The molecule has 324 valence electrons. The Bertz CT molecular complexity index is 832. The first kappa shape index (κ1) is 53.3. The van der Waals surface area contributed by atoms with E-state index < -0.39 is 0 Å². The molecule has 0 saturated carbocycles. The first-order valence-electron chi connectivity index (χ1n) is 24.1. The lowest BCUT2D eigenvalue weighted by molar-refractivity contribution is -0.138. The fourth-order valence-corrected chi connectivity index (χ4v) is 7.29. The topological polar surface area (TPSA) is 76.1 Å². The number of nitrogens with zero attached hydrogens (tertiary/aromatic N) is 1. The molecule has 0 aliphatic carbocycles. The third kappa shape index (κ3) is 39.0. The molecule has 0 bridgehead atoms. The molecule has 0 aromatic rings. The number of aliphatic hydroxyl groups is 1. The summed E-state index contributed by atoms with van der Waals surface area (Å²) in [7, 11) is 0. The van der Waals surface area contributed by atoms with Gasteiger partial charge in [0.15, 0.2) is 0 Å². The van der Waals surface area contributed by atoms with Crippen molar-refractivity contribution < 1.29 is 24.2 Å². The second-order valence-electron chi connectivity index (χ2n) is 16.3. The zero-order valence-electron chi connectivity index (χ0n) is 37.3. The van der Waals surface area contributed by atoms with Gasteiger partial charge in [-0.15, -0.1) is 0 Å². The Balaban J connectivity index is 3.91. The normalized spacial score (nSPS) is 12.2. The number of esters is 2. The van der Waals surface area contributed by atoms with Gasteiger partial charge in [0.25, 0.3) is 0 Å². The van der Waals surface area contributed by atoms with Crippen molar-refractivity contribution in [2.45, 2.75) is 240 Å². The Morgan fingerprint density at radius 1 is 0.400 bits per heavy atom. The smallest absolute Gasteiger partial charge is 0.330 e. The first-order chi connectivity index (χ1) is 27.0. The third-order valence-electron chi connectivity index (χ3n) is 10.9. The maximum absolute atomic E-state index is 12.3. The Hall–Kier alpha value is -1.66. The minimum atomic E-state index is -0.137. The van der Waals surface area contributed by atoms with E-state index in [9.17, 15) is 14.7 Å². The van der Waals surface area contributed by atoms with Crippen molar-refractivity contribution in [3.8, 4) is 0 Å². The SMILES string of the molecule is CCCCCCC(=CC(=O)OCCCCCCCCCCN(CCCO)CCCCCCCCCCOC(=O)/C=C(/CCCC)CCCCCC)CCCC. The molecule has 6 heteroatoms. The van der Waals surface area contributed by atoms with E-state index in [-0.39, 0.29) is 18.5 Å². The van der Waals surface area contributed by atoms with E-state index in [1.165, 1.54) is 140 Å². The van der Waals surface area contributed by atoms with E-state index in [1.54, 1.807) is 12.2 Å². The third-order valence-corrected chi connectivity index (χ3v) is 10.9. The summed E-state index contributed by atoms with van der Waals surface area (Å²) in [5.41, 5.74) is 2.55. The Morgan fingerprint density at radius 2 is 0.709 bits per heavy atom. The molecule has 0 aliphatic rings. The summed E-state index contributed by atoms with van der Waals surface area (Å²) in [6, 6.07) is 0. The minimum absolute atomic E-state index is 0.137. The van der Waals surface area contributed by atoms with Gasteiger partial charge < -0.3 is 19.5 Å². The molecule has 0 unspecified atom stereocenters. The van der Waals surface area contributed by atoms with Gasteiger partial charge in [-0.2, -0.15) is 0 Å². The molecule has 0 rings (SSSR count). The van der Waals surface area contributed by atoms with Crippen LogP contribution in [0.5, 0.6) is 0 Å². The Kier molecular flexibility index (Phi) is 42.2. The summed E-state index contributed by atoms with van der Waals surface area (Å²) in [4.78, 5) is 27.3. The molecule has 0 heterocycles. The maximum Gasteiger partial charge on any atom is 0.330 e. The molecule has 0 aromatic carbocycles. The summed E-state index contributed by atoms with van der Waals surface area (Å²) in [5.74, 6) is -0.275. The summed E-state index contributed by atoms with van der Waals surface area (Å²) in [5, 5.41) is 9.39. The first-order valence-corrected chi connectivity index (χ1v) is 24.1. The molecule has 1 N–H and O–H groups in total. The van der Waals surface area contributed by atoms with Crippen LogP contribution < -0.4 is 0 Å². The maximum atomic E-state index is 12.3. The van der Waals surface area contributed by atoms with Crippen LogP contribution in [-0.4, -0.2) is 61.4 Å². The summed E-state index contributed by atoms with van der Waals surface area (Å²) in [6.45, 7) is 13.6. The van der Waals surface area contributed by atoms with Crippen LogP contribution in [0.1, 0.15) is 240 Å². The highest BCUT2D eigenvalue weighted by molar-refractivity contribution is 5.83. The zero-order valence-corrected chi connectivity index (χ0v) is 37.3. The highest BCUT2D eigenvalue weighted by Crippen LogP contribution is 2.19. The van der Waals surface area contributed by atoms with Crippen molar-refractivity contribution >= 4 is 11.9 Å². The van der Waals surface area contributed by atoms with Gasteiger partial charge in [0.2, 0.25) is 0 Å². The zero-order chi connectivity index (χ0) is 40.3. The molecular weight excluding hydrogens is 683 g/mol. The minimum Gasteiger partial charge on any atom is -0.463 e. The lowest BCUT2D eigenvalue weighted by Crippen LogP contribution is -2.27. The quantitative estimate of drug-likeness (QED) is 0.0378. The number of unbranched alkanes of at least 4 members (excludes halogenated alkanes) is 22. The number of hydrogen-bond donors (Lipinski definition) is 1. The highest BCUT2D eigenvalue weighted by atomic mass is 16.5. The van der Waals surface area contributed by atoms with Gasteiger partial charge in [-0.05, 0) is 96.6 Å². The van der Waals surface area contributed by atoms with Crippen LogP contribution in [0, 0.1) is 0 Å². The van der Waals surface area contributed by atoms with Crippen LogP contribution in [0.15, 0.2) is 23.3 Å². The van der Waals surface area contributed by atoms with Gasteiger partial charge in [0.1, 0.15) is 0 Å². The number of carbonyl (C=O) groups is 2. The van der Waals surface area contributed by atoms with E-state index in [0.717, 1.165) is 103 Å². The van der Waals surface area contributed by atoms with Gasteiger partial charge in [-0.3, -0.25) is 0 Å². The lowest BCUT2D eigenvalue weighted by Gasteiger charge is -2.22. The largest absolute Gasteiger partial charge is 0.463 e. The Morgan fingerprint density at radius 3 is 1.07 bits per heavy atom. The van der Waals surface area contributed by atoms with Gasteiger partial charge >= 0.3 is 11.9 Å². The van der Waals surface area contributed by atoms with Crippen molar-refractivity contribution in [3.63, 3.8) is 0 Å². The Labute approximate surface area is 342 Å². The molecule has 0 amide bonds. The molecule has 0 radical (unpaired) electrons. The van der Waals surface area contributed by atoms with Gasteiger partial charge in [0.05, 0.1) is 13.2 Å². The number of aliphatic hydroxyl groups excluding tert-OH is 1. The van der Waals surface area contributed by atoms with Crippen molar-refractivity contribution in [2.75, 3.05) is 39.5 Å².